The molecule has 0 saturated carbocycles. The number of aromatic amines is 1. The molecule has 0 bridgehead atoms. The molecule has 0 radical (unpaired) electrons. The van der Waals surface area contributed by atoms with Crippen LogP contribution in [0.15, 0.2) is 48.5 Å². The van der Waals surface area contributed by atoms with Gasteiger partial charge in [0.2, 0.25) is 4.77 Å². The first-order valence-corrected chi connectivity index (χ1v) is 10.4. The van der Waals surface area contributed by atoms with E-state index in [-0.39, 0.29) is 0 Å². The number of anilines is 1. The van der Waals surface area contributed by atoms with Crippen molar-refractivity contribution in [3.63, 3.8) is 0 Å². The number of aryl methyl sites for hydroxylation is 1. The second-order valence-corrected chi connectivity index (χ2v) is 7.81. The van der Waals surface area contributed by atoms with Gasteiger partial charge < -0.3 is 9.64 Å². The second-order valence-electron chi connectivity index (χ2n) is 7.45. The molecule has 1 saturated heterocycles. The summed E-state index contributed by atoms with van der Waals surface area (Å²) in [5.41, 5.74) is 3.53. The van der Waals surface area contributed by atoms with E-state index in [1.165, 1.54) is 11.3 Å². The number of benzene rings is 2. The molecule has 0 spiro atoms. The standard InChI is InChI=1S/C22H27N5OS/c1-17-4-6-18(7-5-17)21-23-22(29)27(24-21)16-25-12-3-13-26(15-14-25)19-8-10-20(28-2)11-9-19/h4-11H,3,12-16H2,1-2H3,(H,23,24,29). The van der Waals surface area contributed by atoms with Crippen molar-refractivity contribution >= 4 is 17.9 Å². The van der Waals surface area contributed by atoms with Gasteiger partial charge in [-0.25, -0.2) is 4.68 Å². The maximum Gasteiger partial charge on any atom is 0.217 e. The van der Waals surface area contributed by atoms with E-state index in [0.717, 1.165) is 56.4 Å². The van der Waals surface area contributed by atoms with Crippen LogP contribution in [-0.2, 0) is 6.67 Å². The lowest BCUT2D eigenvalue weighted by Crippen LogP contribution is -2.32. The highest BCUT2D eigenvalue weighted by molar-refractivity contribution is 7.71. The van der Waals surface area contributed by atoms with E-state index in [9.17, 15) is 0 Å². The quantitative estimate of drug-likeness (QED) is 0.643. The average molecular weight is 410 g/mol. The molecule has 1 fully saturated rings. The van der Waals surface area contributed by atoms with Crippen LogP contribution in [0.1, 0.15) is 12.0 Å². The Kier molecular flexibility index (Phi) is 5.97. The minimum atomic E-state index is 0.594. The number of nitrogens with one attached hydrogen (secondary N) is 1. The predicted molar refractivity (Wildman–Crippen MR) is 119 cm³/mol. The Balaban J connectivity index is 1.41. The highest BCUT2D eigenvalue weighted by Gasteiger charge is 2.16. The maximum atomic E-state index is 5.50. The molecule has 0 amide bonds. The Hall–Kier alpha value is -2.64. The molecule has 2 aromatic carbocycles. The topological polar surface area (TPSA) is 49.3 Å². The van der Waals surface area contributed by atoms with Crippen molar-refractivity contribution in [2.75, 3.05) is 38.2 Å². The fourth-order valence-corrected chi connectivity index (χ4v) is 3.85. The number of rotatable bonds is 5. The molecule has 2 heterocycles. The summed E-state index contributed by atoms with van der Waals surface area (Å²) >= 11 is 5.50. The van der Waals surface area contributed by atoms with Crippen LogP contribution in [0, 0.1) is 11.7 Å². The predicted octanol–water partition coefficient (Wildman–Crippen LogP) is 4.09. The summed E-state index contributed by atoms with van der Waals surface area (Å²) in [6.07, 6.45) is 1.11. The molecule has 1 aromatic heterocycles. The van der Waals surface area contributed by atoms with Gasteiger partial charge in [-0.2, -0.15) is 4.98 Å². The molecule has 0 atom stereocenters. The summed E-state index contributed by atoms with van der Waals surface area (Å²) in [4.78, 5) is 9.41. The summed E-state index contributed by atoms with van der Waals surface area (Å²) in [6.45, 7) is 6.86. The molecule has 152 valence electrons. The molecule has 6 nitrogen and oxygen atoms in total. The van der Waals surface area contributed by atoms with Crippen molar-refractivity contribution < 1.29 is 4.74 Å². The van der Waals surface area contributed by atoms with Gasteiger partial charge in [0, 0.05) is 37.4 Å². The molecule has 1 N–H and O–H groups in total. The third-order valence-electron chi connectivity index (χ3n) is 5.37. The first-order valence-electron chi connectivity index (χ1n) is 9.97. The smallest absolute Gasteiger partial charge is 0.217 e. The number of hydrogen-bond donors (Lipinski definition) is 1. The van der Waals surface area contributed by atoms with Crippen LogP contribution in [0.5, 0.6) is 5.75 Å². The van der Waals surface area contributed by atoms with Crippen molar-refractivity contribution in [3.05, 3.63) is 58.9 Å². The van der Waals surface area contributed by atoms with Gasteiger partial charge in [0.25, 0.3) is 0 Å². The fraction of sp³-hybridized carbons (Fsp3) is 0.364. The van der Waals surface area contributed by atoms with Gasteiger partial charge in [-0.05, 0) is 49.8 Å². The molecule has 4 rings (SSSR count). The Morgan fingerprint density at radius 3 is 2.48 bits per heavy atom. The number of methoxy groups -OCH3 is 1. The van der Waals surface area contributed by atoms with Gasteiger partial charge in [0.1, 0.15) is 5.75 Å². The highest BCUT2D eigenvalue weighted by atomic mass is 32.1. The zero-order valence-corrected chi connectivity index (χ0v) is 17.8. The molecule has 3 aromatic rings. The van der Waals surface area contributed by atoms with Crippen LogP contribution in [0.25, 0.3) is 11.4 Å². The lowest BCUT2D eigenvalue weighted by molar-refractivity contribution is 0.220. The highest BCUT2D eigenvalue weighted by Crippen LogP contribution is 2.21. The van der Waals surface area contributed by atoms with Crippen LogP contribution in [0.3, 0.4) is 0 Å². The van der Waals surface area contributed by atoms with Crippen molar-refractivity contribution in [2.24, 2.45) is 0 Å². The molecule has 1 aliphatic heterocycles. The van der Waals surface area contributed by atoms with Gasteiger partial charge in [0.05, 0.1) is 13.8 Å². The van der Waals surface area contributed by atoms with E-state index < -0.39 is 0 Å². The van der Waals surface area contributed by atoms with Crippen LogP contribution < -0.4 is 9.64 Å². The first-order chi connectivity index (χ1) is 14.1. The van der Waals surface area contributed by atoms with Gasteiger partial charge in [-0.3, -0.25) is 10.00 Å². The third-order valence-corrected chi connectivity index (χ3v) is 5.68. The summed E-state index contributed by atoms with van der Waals surface area (Å²) in [5.74, 6) is 1.72. The van der Waals surface area contributed by atoms with Crippen molar-refractivity contribution in [2.45, 2.75) is 20.0 Å². The molecule has 7 heteroatoms. The van der Waals surface area contributed by atoms with Gasteiger partial charge in [0.15, 0.2) is 5.82 Å². The number of H-pyrrole nitrogens is 1. The van der Waals surface area contributed by atoms with Crippen LogP contribution >= 0.6 is 12.2 Å². The number of aromatic nitrogens is 3. The third kappa shape index (κ3) is 4.68. The second kappa shape index (κ2) is 8.80. The van der Waals surface area contributed by atoms with Crippen LogP contribution in [-0.4, -0.2) is 53.0 Å². The van der Waals surface area contributed by atoms with Crippen LogP contribution in [0.2, 0.25) is 0 Å². The normalized spacial score (nSPS) is 15.3. The zero-order chi connectivity index (χ0) is 20.2. The van der Waals surface area contributed by atoms with E-state index in [2.05, 4.69) is 63.2 Å². The lowest BCUT2D eigenvalue weighted by Gasteiger charge is -2.23. The average Bonchev–Trinajstić information content (AvgIpc) is 2.95. The van der Waals surface area contributed by atoms with E-state index in [0.29, 0.717) is 4.77 Å². The Morgan fingerprint density at radius 2 is 1.76 bits per heavy atom. The molecule has 0 aliphatic carbocycles. The van der Waals surface area contributed by atoms with Crippen molar-refractivity contribution in [1.29, 1.82) is 0 Å². The number of hydrogen-bond acceptors (Lipinski definition) is 5. The molecular weight excluding hydrogens is 382 g/mol. The van der Waals surface area contributed by atoms with Gasteiger partial charge in [-0.1, -0.05) is 29.8 Å². The van der Waals surface area contributed by atoms with E-state index in [1.807, 2.05) is 16.8 Å². The van der Waals surface area contributed by atoms with Gasteiger partial charge in [-0.15, -0.1) is 0 Å². The Labute approximate surface area is 176 Å². The summed E-state index contributed by atoms with van der Waals surface area (Å²) in [7, 11) is 1.70. The molecule has 29 heavy (non-hydrogen) atoms. The summed E-state index contributed by atoms with van der Waals surface area (Å²) < 4.78 is 7.83. The summed E-state index contributed by atoms with van der Waals surface area (Å²) in [5, 5.41) is 3.37. The number of nitrogens with zero attached hydrogens (tertiary/aromatic N) is 4. The number of ether oxygens (including phenoxy) is 1. The molecular formula is C22H27N5OS. The molecule has 0 unspecified atom stereocenters. The summed E-state index contributed by atoms with van der Waals surface area (Å²) in [6, 6.07) is 16.6. The molecule has 1 aliphatic rings. The SMILES string of the molecule is COc1ccc(N2CCCN(Cn3[nH]c(-c4ccc(C)cc4)nc3=S)CC2)cc1. The van der Waals surface area contributed by atoms with E-state index in [4.69, 9.17) is 17.0 Å². The van der Waals surface area contributed by atoms with E-state index >= 15 is 0 Å². The maximum absolute atomic E-state index is 5.50. The Bertz CT molecular complexity index is 993. The van der Waals surface area contributed by atoms with E-state index in [1.54, 1.807) is 7.11 Å². The minimum Gasteiger partial charge on any atom is -0.497 e. The fourth-order valence-electron chi connectivity index (χ4n) is 3.66. The van der Waals surface area contributed by atoms with Crippen molar-refractivity contribution in [3.8, 4) is 17.1 Å². The van der Waals surface area contributed by atoms with Gasteiger partial charge >= 0.3 is 0 Å². The zero-order valence-electron chi connectivity index (χ0n) is 17.0. The minimum absolute atomic E-state index is 0.594. The van der Waals surface area contributed by atoms with Crippen LogP contribution in [0.4, 0.5) is 5.69 Å². The van der Waals surface area contributed by atoms with Crippen molar-refractivity contribution in [1.82, 2.24) is 19.7 Å². The first kappa shape index (κ1) is 19.7. The largest absolute Gasteiger partial charge is 0.497 e. The lowest BCUT2D eigenvalue weighted by atomic mass is 10.1. The monoisotopic (exact) mass is 409 g/mol. The Morgan fingerprint density at radius 1 is 1.00 bits per heavy atom.